The van der Waals surface area contributed by atoms with Crippen LogP contribution in [0.3, 0.4) is 0 Å². The third-order valence-electron chi connectivity index (χ3n) is 3.93. The number of rotatable bonds is 5. The number of benzene rings is 1. The standard InChI is InChI=1S/C15H22FN3O2/c1-10(20)11-4-6-19(9-11)7-5-15(21)18-12-2-3-13(16)14(17)8-12/h2-3,8,10-11,20H,4-7,9,17H2,1H3,(H,18,21). The molecular weight excluding hydrogens is 273 g/mol. The highest BCUT2D eigenvalue weighted by Crippen LogP contribution is 2.20. The smallest absolute Gasteiger partial charge is 0.225 e. The van der Waals surface area contributed by atoms with Gasteiger partial charge in [0.2, 0.25) is 5.91 Å². The molecule has 1 saturated heterocycles. The van der Waals surface area contributed by atoms with Crippen molar-refractivity contribution in [2.45, 2.75) is 25.9 Å². The number of nitrogens with two attached hydrogens (primary N) is 1. The molecule has 1 aliphatic rings. The van der Waals surface area contributed by atoms with Gasteiger partial charge in [-0.1, -0.05) is 0 Å². The molecule has 2 rings (SSSR count). The lowest BCUT2D eigenvalue weighted by atomic mass is 10.0. The summed E-state index contributed by atoms with van der Waals surface area (Å²) in [5, 5.41) is 12.2. The lowest BCUT2D eigenvalue weighted by Gasteiger charge is -2.17. The molecule has 0 aliphatic carbocycles. The Morgan fingerprint density at radius 1 is 1.62 bits per heavy atom. The van der Waals surface area contributed by atoms with Crippen LogP contribution in [0.4, 0.5) is 15.8 Å². The van der Waals surface area contributed by atoms with Crippen LogP contribution in [0.1, 0.15) is 19.8 Å². The third-order valence-corrected chi connectivity index (χ3v) is 3.93. The Morgan fingerprint density at radius 2 is 2.38 bits per heavy atom. The number of halogens is 1. The average molecular weight is 295 g/mol. The van der Waals surface area contributed by atoms with Crippen molar-refractivity contribution in [3.63, 3.8) is 0 Å². The summed E-state index contributed by atoms with van der Waals surface area (Å²) in [5.74, 6) is -0.319. The molecule has 1 aromatic carbocycles. The van der Waals surface area contributed by atoms with Gasteiger partial charge in [-0.2, -0.15) is 0 Å². The van der Waals surface area contributed by atoms with Crippen molar-refractivity contribution in [3.8, 4) is 0 Å². The zero-order chi connectivity index (χ0) is 15.4. The number of anilines is 2. The Morgan fingerprint density at radius 3 is 3.00 bits per heavy atom. The molecule has 1 amide bonds. The number of likely N-dealkylation sites (tertiary alicyclic amines) is 1. The minimum atomic E-state index is -0.491. The van der Waals surface area contributed by atoms with Crippen LogP contribution < -0.4 is 11.1 Å². The summed E-state index contributed by atoms with van der Waals surface area (Å²) in [6, 6.07) is 4.13. The summed E-state index contributed by atoms with van der Waals surface area (Å²) in [4.78, 5) is 14.0. The second-order valence-corrected chi connectivity index (χ2v) is 5.62. The number of amides is 1. The molecule has 5 nitrogen and oxygen atoms in total. The van der Waals surface area contributed by atoms with E-state index in [1.165, 1.54) is 18.2 Å². The van der Waals surface area contributed by atoms with Gasteiger partial charge in [-0.25, -0.2) is 4.39 Å². The first-order valence-corrected chi connectivity index (χ1v) is 7.21. The van der Waals surface area contributed by atoms with Crippen LogP contribution in [0.5, 0.6) is 0 Å². The van der Waals surface area contributed by atoms with Gasteiger partial charge in [0.1, 0.15) is 5.82 Å². The first-order chi connectivity index (χ1) is 9.95. The fourth-order valence-electron chi connectivity index (χ4n) is 2.56. The van der Waals surface area contributed by atoms with Gasteiger partial charge in [0.15, 0.2) is 0 Å². The Hall–Kier alpha value is -1.66. The maximum absolute atomic E-state index is 13.0. The molecular formula is C15H22FN3O2. The highest BCUT2D eigenvalue weighted by atomic mass is 19.1. The fourth-order valence-corrected chi connectivity index (χ4v) is 2.56. The highest BCUT2D eigenvalue weighted by molar-refractivity contribution is 5.91. The van der Waals surface area contributed by atoms with E-state index in [4.69, 9.17) is 5.73 Å². The maximum atomic E-state index is 13.0. The summed E-state index contributed by atoms with van der Waals surface area (Å²) < 4.78 is 13.0. The molecule has 6 heteroatoms. The predicted octanol–water partition coefficient (Wildman–Crippen LogP) is 1.44. The molecule has 0 aromatic heterocycles. The molecule has 0 bridgehead atoms. The number of nitrogen functional groups attached to an aromatic ring is 1. The van der Waals surface area contributed by atoms with Crippen LogP contribution in [0, 0.1) is 11.7 Å². The molecule has 1 aliphatic heterocycles. The third kappa shape index (κ3) is 4.41. The van der Waals surface area contributed by atoms with Gasteiger partial charge >= 0.3 is 0 Å². The van der Waals surface area contributed by atoms with Crippen molar-refractivity contribution >= 4 is 17.3 Å². The lowest BCUT2D eigenvalue weighted by molar-refractivity contribution is -0.116. The Kier molecular flexibility index (Phi) is 5.14. The second-order valence-electron chi connectivity index (χ2n) is 5.62. The van der Waals surface area contributed by atoms with Gasteiger partial charge in [-0.15, -0.1) is 0 Å². The van der Waals surface area contributed by atoms with Gasteiger partial charge in [-0.05, 0) is 44.0 Å². The largest absolute Gasteiger partial charge is 0.396 e. The number of nitrogens with one attached hydrogen (secondary N) is 1. The first-order valence-electron chi connectivity index (χ1n) is 7.21. The molecule has 1 heterocycles. The number of hydrogen-bond donors (Lipinski definition) is 3. The summed E-state index contributed by atoms with van der Waals surface area (Å²) in [5.41, 5.74) is 5.98. The summed E-state index contributed by atoms with van der Waals surface area (Å²) in [6.07, 6.45) is 1.03. The van der Waals surface area contributed by atoms with E-state index in [-0.39, 0.29) is 17.7 Å². The van der Waals surface area contributed by atoms with Gasteiger partial charge in [0, 0.05) is 25.2 Å². The molecule has 1 fully saturated rings. The van der Waals surface area contributed by atoms with Crippen molar-refractivity contribution in [1.82, 2.24) is 4.90 Å². The molecule has 1 aromatic rings. The molecule has 4 N–H and O–H groups in total. The average Bonchev–Trinajstić information content (AvgIpc) is 2.90. The minimum absolute atomic E-state index is 0.0205. The molecule has 0 spiro atoms. The summed E-state index contributed by atoms with van der Waals surface area (Å²) in [7, 11) is 0. The van der Waals surface area contributed by atoms with Crippen LogP contribution in [-0.2, 0) is 4.79 Å². The molecule has 116 valence electrons. The van der Waals surface area contributed by atoms with Gasteiger partial charge in [-0.3, -0.25) is 4.79 Å². The highest BCUT2D eigenvalue weighted by Gasteiger charge is 2.25. The van der Waals surface area contributed by atoms with E-state index in [2.05, 4.69) is 10.2 Å². The SMILES string of the molecule is CC(O)C1CCN(CCC(=O)Nc2ccc(F)c(N)c2)C1. The van der Waals surface area contributed by atoms with E-state index in [9.17, 15) is 14.3 Å². The van der Waals surface area contributed by atoms with E-state index in [0.717, 1.165) is 19.5 Å². The number of nitrogens with zero attached hydrogens (tertiary/aromatic N) is 1. The van der Waals surface area contributed by atoms with Crippen molar-refractivity contribution in [2.24, 2.45) is 5.92 Å². The number of aliphatic hydroxyl groups excluding tert-OH is 1. The zero-order valence-electron chi connectivity index (χ0n) is 12.2. The molecule has 21 heavy (non-hydrogen) atoms. The van der Waals surface area contributed by atoms with Crippen molar-refractivity contribution in [2.75, 3.05) is 30.7 Å². The van der Waals surface area contributed by atoms with Crippen LogP contribution in [0.15, 0.2) is 18.2 Å². The zero-order valence-corrected chi connectivity index (χ0v) is 12.2. The van der Waals surface area contributed by atoms with E-state index in [1.54, 1.807) is 6.92 Å². The van der Waals surface area contributed by atoms with Crippen molar-refractivity contribution < 1.29 is 14.3 Å². The first kappa shape index (κ1) is 15.7. The lowest BCUT2D eigenvalue weighted by Crippen LogP contribution is -2.27. The number of hydrogen-bond acceptors (Lipinski definition) is 4. The Bertz CT molecular complexity index is 508. The number of carbonyl (C=O) groups is 1. The fraction of sp³-hybridized carbons (Fsp3) is 0.533. The minimum Gasteiger partial charge on any atom is -0.396 e. The van der Waals surface area contributed by atoms with Crippen molar-refractivity contribution in [1.29, 1.82) is 0 Å². The van der Waals surface area contributed by atoms with Crippen LogP contribution in [0.25, 0.3) is 0 Å². The number of carbonyl (C=O) groups excluding carboxylic acids is 1. The van der Waals surface area contributed by atoms with Crippen LogP contribution in [0.2, 0.25) is 0 Å². The number of aliphatic hydroxyl groups is 1. The van der Waals surface area contributed by atoms with Crippen molar-refractivity contribution in [3.05, 3.63) is 24.0 Å². The van der Waals surface area contributed by atoms with E-state index in [0.29, 0.717) is 24.6 Å². The quantitative estimate of drug-likeness (QED) is 0.718. The molecule has 0 radical (unpaired) electrons. The summed E-state index contributed by atoms with van der Waals surface area (Å²) >= 11 is 0. The van der Waals surface area contributed by atoms with E-state index >= 15 is 0 Å². The molecule has 0 saturated carbocycles. The predicted molar refractivity (Wildman–Crippen MR) is 80.3 cm³/mol. The topological polar surface area (TPSA) is 78.6 Å². The Balaban J connectivity index is 1.76. The molecule has 2 atom stereocenters. The van der Waals surface area contributed by atoms with Crippen LogP contribution >= 0.6 is 0 Å². The van der Waals surface area contributed by atoms with E-state index in [1.807, 2.05) is 0 Å². The normalized spacial score (nSPS) is 20.4. The Labute approximate surface area is 123 Å². The maximum Gasteiger partial charge on any atom is 0.225 e. The molecule has 2 unspecified atom stereocenters. The van der Waals surface area contributed by atoms with Gasteiger partial charge < -0.3 is 21.1 Å². The summed E-state index contributed by atoms with van der Waals surface area (Å²) in [6.45, 7) is 4.20. The van der Waals surface area contributed by atoms with Crippen LogP contribution in [-0.4, -0.2) is 41.7 Å². The van der Waals surface area contributed by atoms with E-state index < -0.39 is 5.82 Å². The van der Waals surface area contributed by atoms with Gasteiger partial charge in [0.05, 0.1) is 11.8 Å². The monoisotopic (exact) mass is 295 g/mol. The van der Waals surface area contributed by atoms with Gasteiger partial charge in [0.25, 0.3) is 0 Å². The second kappa shape index (κ2) is 6.87.